The lowest BCUT2D eigenvalue weighted by atomic mass is 10.1. The van der Waals surface area contributed by atoms with E-state index in [9.17, 15) is 9.18 Å². The van der Waals surface area contributed by atoms with E-state index in [0.717, 1.165) is 23.1 Å². The number of fused-ring (bicyclic) bond motifs is 1. The number of nitrogens with zero attached hydrogens (tertiary/aromatic N) is 2. The maximum Gasteiger partial charge on any atom is 0.274 e. The van der Waals surface area contributed by atoms with Gasteiger partial charge in [-0.2, -0.15) is 0 Å². The smallest absolute Gasteiger partial charge is 0.274 e. The first-order valence-electron chi connectivity index (χ1n) is 8.83. The number of amides is 1. The van der Waals surface area contributed by atoms with Crippen LogP contribution in [0.2, 0.25) is 0 Å². The molecule has 3 aromatic rings. The van der Waals surface area contributed by atoms with E-state index in [4.69, 9.17) is 4.74 Å². The van der Waals surface area contributed by atoms with Gasteiger partial charge in [0.05, 0.1) is 21.1 Å². The predicted octanol–water partition coefficient (Wildman–Crippen LogP) is 4.81. The number of hydrogen-bond donors (Lipinski definition) is 0. The van der Waals surface area contributed by atoms with Gasteiger partial charge in [0.1, 0.15) is 11.9 Å². The van der Waals surface area contributed by atoms with Gasteiger partial charge in [0.2, 0.25) is 5.91 Å². The van der Waals surface area contributed by atoms with Crippen molar-refractivity contribution in [2.24, 2.45) is 0 Å². The Balaban J connectivity index is 1.33. The first-order chi connectivity index (χ1) is 13.1. The van der Waals surface area contributed by atoms with Gasteiger partial charge in [-0.05, 0) is 39.7 Å². The summed E-state index contributed by atoms with van der Waals surface area (Å²) in [6, 6.07) is 13.0. The van der Waals surface area contributed by atoms with Crippen LogP contribution in [0.5, 0.6) is 5.19 Å². The molecule has 0 bridgehead atoms. The van der Waals surface area contributed by atoms with Crippen LogP contribution >= 0.6 is 27.3 Å². The van der Waals surface area contributed by atoms with Crippen LogP contribution < -0.4 is 4.74 Å². The molecule has 0 aliphatic carbocycles. The Morgan fingerprint density at radius 2 is 2.00 bits per heavy atom. The highest BCUT2D eigenvalue weighted by Gasteiger charge is 2.25. The monoisotopic (exact) mass is 448 g/mol. The van der Waals surface area contributed by atoms with Crippen molar-refractivity contribution in [2.45, 2.75) is 25.4 Å². The maximum atomic E-state index is 14.1. The van der Waals surface area contributed by atoms with Crippen LogP contribution in [0, 0.1) is 5.82 Å². The van der Waals surface area contributed by atoms with E-state index in [0.29, 0.717) is 28.3 Å². The second-order valence-corrected chi connectivity index (χ2v) is 8.38. The highest BCUT2D eigenvalue weighted by atomic mass is 79.9. The third-order valence-electron chi connectivity index (χ3n) is 4.71. The summed E-state index contributed by atoms with van der Waals surface area (Å²) in [6.45, 7) is 1.23. The molecule has 1 amide bonds. The lowest BCUT2D eigenvalue weighted by molar-refractivity contribution is -0.132. The minimum absolute atomic E-state index is 0.0505. The summed E-state index contributed by atoms with van der Waals surface area (Å²) in [5.74, 6) is -0.412. The molecule has 0 saturated carbocycles. The van der Waals surface area contributed by atoms with Crippen LogP contribution in [0.1, 0.15) is 18.4 Å². The van der Waals surface area contributed by atoms with Gasteiger partial charge in [-0.15, -0.1) is 0 Å². The highest BCUT2D eigenvalue weighted by Crippen LogP contribution is 2.29. The molecular weight excluding hydrogens is 431 g/mol. The fourth-order valence-electron chi connectivity index (χ4n) is 3.23. The van der Waals surface area contributed by atoms with E-state index in [1.165, 1.54) is 0 Å². The molecule has 1 aliphatic rings. The van der Waals surface area contributed by atoms with E-state index in [2.05, 4.69) is 20.9 Å². The van der Waals surface area contributed by atoms with Crippen molar-refractivity contribution in [3.05, 3.63) is 58.3 Å². The number of piperidine rings is 1. The Morgan fingerprint density at radius 3 is 2.78 bits per heavy atom. The van der Waals surface area contributed by atoms with Crippen LogP contribution in [0.25, 0.3) is 10.2 Å². The second-order valence-electron chi connectivity index (χ2n) is 6.54. The molecule has 1 fully saturated rings. The number of carbonyl (C=O) groups is 1. The molecule has 2 aromatic carbocycles. The Morgan fingerprint density at radius 1 is 1.22 bits per heavy atom. The molecule has 1 saturated heterocycles. The molecule has 0 radical (unpaired) electrons. The van der Waals surface area contributed by atoms with Crippen molar-refractivity contribution in [3.8, 4) is 5.19 Å². The zero-order valence-corrected chi connectivity index (χ0v) is 16.9. The van der Waals surface area contributed by atoms with E-state index >= 15 is 0 Å². The van der Waals surface area contributed by atoms with Crippen LogP contribution in [-0.4, -0.2) is 35.0 Å². The molecule has 2 heterocycles. The Bertz CT molecular complexity index is 937. The summed E-state index contributed by atoms with van der Waals surface area (Å²) in [5.41, 5.74) is 1.36. The van der Waals surface area contributed by atoms with Crippen LogP contribution in [-0.2, 0) is 11.2 Å². The fraction of sp³-hybridized carbons (Fsp3) is 0.300. The van der Waals surface area contributed by atoms with E-state index in [1.54, 1.807) is 34.4 Å². The minimum Gasteiger partial charge on any atom is -0.467 e. The number of likely N-dealkylation sites (tertiary alicyclic amines) is 1. The quantitative estimate of drug-likeness (QED) is 0.574. The third kappa shape index (κ3) is 4.14. The van der Waals surface area contributed by atoms with E-state index in [1.807, 2.05) is 24.3 Å². The molecule has 7 heteroatoms. The average Bonchev–Trinajstić information content (AvgIpc) is 3.08. The number of aromatic nitrogens is 1. The zero-order chi connectivity index (χ0) is 18.8. The molecular formula is C20H18BrFN2O2S. The zero-order valence-electron chi connectivity index (χ0n) is 14.5. The molecule has 0 unspecified atom stereocenters. The molecule has 4 rings (SSSR count). The molecule has 0 N–H and O–H groups in total. The molecule has 0 spiro atoms. The summed E-state index contributed by atoms with van der Waals surface area (Å²) < 4.78 is 21.6. The molecule has 1 aromatic heterocycles. The summed E-state index contributed by atoms with van der Waals surface area (Å²) >= 11 is 4.71. The van der Waals surface area contributed by atoms with Gasteiger partial charge in [-0.3, -0.25) is 4.79 Å². The summed E-state index contributed by atoms with van der Waals surface area (Å²) in [6.07, 6.45) is 1.64. The molecule has 4 nitrogen and oxygen atoms in total. The minimum atomic E-state index is -0.361. The van der Waals surface area contributed by atoms with Gasteiger partial charge < -0.3 is 9.64 Å². The van der Waals surface area contributed by atoms with Gasteiger partial charge >= 0.3 is 0 Å². The SMILES string of the molecule is O=C(Cc1cccc(Br)c1F)N1CCC(Oc2nc3ccccc3s2)CC1. The number of ether oxygens (including phenoxy) is 1. The molecule has 1 aliphatic heterocycles. The van der Waals surface area contributed by atoms with Crippen molar-refractivity contribution in [1.29, 1.82) is 0 Å². The van der Waals surface area contributed by atoms with Gasteiger partial charge in [0.15, 0.2) is 0 Å². The third-order valence-corrected chi connectivity index (χ3v) is 6.25. The normalized spacial score (nSPS) is 15.3. The first-order valence-corrected chi connectivity index (χ1v) is 10.4. The van der Waals surface area contributed by atoms with Crippen molar-refractivity contribution in [3.63, 3.8) is 0 Å². The highest BCUT2D eigenvalue weighted by molar-refractivity contribution is 9.10. The van der Waals surface area contributed by atoms with Crippen LogP contribution in [0.3, 0.4) is 0 Å². The number of thiazole rings is 1. The molecule has 140 valence electrons. The van der Waals surface area contributed by atoms with Crippen molar-refractivity contribution in [2.75, 3.05) is 13.1 Å². The first kappa shape index (κ1) is 18.4. The van der Waals surface area contributed by atoms with E-state index in [-0.39, 0.29) is 24.2 Å². The summed E-state index contributed by atoms with van der Waals surface area (Å²) in [5, 5.41) is 0.678. The average molecular weight is 449 g/mol. The summed E-state index contributed by atoms with van der Waals surface area (Å²) in [7, 11) is 0. The Labute approximate surface area is 169 Å². The number of hydrogen-bond acceptors (Lipinski definition) is 4. The number of carbonyl (C=O) groups excluding carboxylic acids is 1. The number of para-hydroxylation sites is 1. The fourth-order valence-corrected chi connectivity index (χ4v) is 4.52. The second kappa shape index (κ2) is 7.94. The van der Waals surface area contributed by atoms with Gasteiger partial charge in [0, 0.05) is 25.9 Å². The van der Waals surface area contributed by atoms with Crippen LogP contribution in [0.4, 0.5) is 4.39 Å². The topological polar surface area (TPSA) is 42.4 Å². The molecule has 27 heavy (non-hydrogen) atoms. The maximum absolute atomic E-state index is 14.1. The van der Waals surface area contributed by atoms with Crippen molar-refractivity contribution >= 4 is 43.4 Å². The number of halogens is 2. The standard InChI is InChI=1S/C20H18BrFN2O2S/c21-15-5-3-4-13(19(15)22)12-18(25)24-10-8-14(9-11-24)26-20-23-16-6-1-2-7-17(16)27-20/h1-7,14H,8-12H2. The number of benzene rings is 2. The van der Waals surface area contributed by atoms with Gasteiger partial charge in [0.25, 0.3) is 5.19 Å². The van der Waals surface area contributed by atoms with Crippen molar-refractivity contribution in [1.82, 2.24) is 9.88 Å². The van der Waals surface area contributed by atoms with Gasteiger partial charge in [-0.25, -0.2) is 9.37 Å². The Hall–Kier alpha value is -1.99. The van der Waals surface area contributed by atoms with E-state index < -0.39 is 0 Å². The molecule has 0 atom stereocenters. The van der Waals surface area contributed by atoms with Crippen molar-refractivity contribution < 1.29 is 13.9 Å². The largest absolute Gasteiger partial charge is 0.467 e. The lowest BCUT2D eigenvalue weighted by Gasteiger charge is -2.31. The lowest BCUT2D eigenvalue weighted by Crippen LogP contribution is -2.42. The Kier molecular flexibility index (Phi) is 5.41. The summed E-state index contributed by atoms with van der Waals surface area (Å²) in [4.78, 5) is 18.8. The number of rotatable bonds is 4. The van der Waals surface area contributed by atoms with Crippen LogP contribution in [0.15, 0.2) is 46.9 Å². The predicted molar refractivity (Wildman–Crippen MR) is 108 cm³/mol. The van der Waals surface area contributed by atoms with Gasteiger partial charge in [-0.1, -0.05) is 35.6 Å².